The van der Waals surface area contributed by atoms with E-state index in [-0.39, 0.29) is 0 Å². The van der Waals surface area contributed by atoms with Gasteiger partial charge in [0.05, 0.1) is 0 Å². The van der Waals surface area contributed by atoms with Crippen molar-refractivity contribution in [2.75, 3.05) is 0 Å². The second-order valence-corrected chi connectivity index (χ2v) is 12.0. The molecule has 0 saturated carbocycles. The zero-order chi connectivity index (χ0) is 12.7. The molecule has 0 radical (unpaired) electrons. The minimum atomic E-state index is -2.68. The Bertz CT molecular complexity index is 517. The van der Waals surface area contributed by atoms with Gasteiger partial charge in [-0.05, 0) is 0 Å². The molecule has 0 saturated heterocycles. The summed E-state index contributed by atoms with van der Waals surface area (Å²) in [6.45, 7) is 0. The average Bonchev–Trinajstić information content (AvgIpc) is 3.00. The second kappa shape index (κ2) is 4.97. The van der Waals surface area contributed by atoms with Gasteiger partial charge in [0.2, 0.25) is 0 Å². The van der Waals surface area contributed by atoms with Crippen LogP contribution in [0.4, 0.5) is 0 Å². The summed E-state index contributed by atoms with van der Waals surface area (Å²) < 4.78 is 28.6. The molecule has 96 valence electrons. The summed E-state index contributed by atoms with van der Waals surface area (Å²) in [6, 6.07) is 15.1. The standard InChI is InChI=1S/2C6H6O2.O.2Sb/c2*7-5-3-1-2-4-6(5)8;;;/h2*1-4,7-8H;;;/q;;;2*+2/p-4. The summed E-state index contributed by atoms with van der Waals surface area (Å²) in [5.74, 6) is 3.01. The molecule has 0 N–H and O–H groups in total. The van der Waals surface area contributed by atoms with Gasteiger partial charge in [-0.25, -0.2) is 0 Å². The van der Waals surface area contributed by atoms with Gasteiger partial charge in [0.1, 0.15) is 0 Å². The molecule has 0 atom stereocenters. The molecule has 2 aromatic rings. The van der Waals surface area contributed by atoms with Gasteiger partial charge in [0.25, 0.3) is 0 Å². The predicted octanol–water partition coefficient (Wildman–Crippen LogP) is 1.92. The minimum absolute atomic E-state index is 0.752. The molecule has 0 fully saturated rings. The first-order chi connectivity index (χ1) is 9.38. The molecule has 2 aliphatic rings. The van der Waals surface area contributed by atoms with Gasteiger partial charge in [0, 0.05) is 0 Å². The number of rotatable bonds is 2. The fraction of sp³-hybridized carbons (Fsp3) is 0. The molecule has 0 aromatic heterocycles. The number of benzene rings is 2. The van der Waals surface area contributed by atoms with E-state index in [2.05, 4.69) is 0 Å². The van der Waals surface area contributed by atoms with Crippen LogP contribution in [0.1, 0.15) is 0 Å². The zero-order valence-corrected chi connectivity index (χ0v) is 14.7. The molecule has 0 amide bonds. The number of hydrogen-bond acceptors (Lipinski definition) is 5. The van der Waals surface area contributed by atoms with Crippen LogP contribution in [0.25, 0.3) is 0 Å². The Hall–Kier alpha value is -0.764. The Kier molecular flexibility index (Phi) is 3.14. The Morgan fingerprint density at radius 1 is 0.579 bits per heavy atom. The van der Waals surface area contributed by atoms with E-state index in [0.717, 1.165) is 23.0 Å². The maximum absolute atomic E-state index is 5.82. The zero-order valence-electron chi connectivity index (χ0n) is 9.55. The maximum atomic E-state index is 5.82. The third kappa shape index (κ3) is 2.35. The molecule has 2 aliphatic heterocycles. The van der Waals surface area contributed by atoms with Gasteiger partial charge in [0.15, 0.2) is 0 Å². The van der Waals surface area contributed by atoms with Gasteiger partial charge in [-0.3, -0.25) is 0 Å². The Balaban J connectivity index is 1.43. The van der Waals surface area contributed by atoms with Crippen molar-refractivity contribution in [1.29, 1.82) is 0 Å². The van der Waals surface area contributed by atoms with E-state index in [1.54, 1.807) is 0 Å². The Labute approximate surface area is 127 Å². The molecule has 0 aliphatic carbocycles. The van der Waals surface area contributed by atoms with Crippen molar-refractivity contribution >= 4 is 42.9 Å². The second-order valence-electron chi connectivity index (χ2n) is 3.79. The first kappa shape index (κ1) is 12.0. The van der Waals surface area contributed by atoms with Crippen molar-refractivity contribution in [3.63, 3.8) is 0 Å². The van der Waals surface area contributed by atoms with Crippen LogP contribution in [0.2, 0.25) is 0 Å². The number of fused-ring (bicyclic) bond motifs is 2. The van der Waals surface area contributed by atoms with Crippen molar-refractivity contribution in [2.24, 2.45) is 0 Å². The van der Waals surface area contributed by atoms with E-state index in [4.69, 9.17) is 13.4 Å². The van der Waals surface area contributed by atoms with E-state index in [0.29, 0.717) is 0 Å². The van der Waals surface area contributed by atoms with Gasteiger partial charge < -0.3 is 0 Å². The van der Waals surface area contributed by atoms with Crippen molar-refractivity contribution in [1.82, 2.24) is 0 Å². The molecule has 0 spiro atoms. The quantitative estimate of drug-likeness (QED) is 0.621. The average molecular weight is 476 g/mol. The summed E-state index contributed by atoms with van der Waals surface area (Å²) in [7, 11) is 0. The topological polar surface area (TPSA) is 46.2 Å². The normalized spacial score (nSPS) is 16.8. The summed E-state index contributed by atoms with van der Waals surface area (Å²) in [6.07, 6.45) is 0. The van der Waals surface area contributed by atoms with E-state index in [1.807, 2.05) is 48.5 Å². The van der Waals surface area contributed by atoms with Crippen LogP contribution in [0.15, 0.2) is 48.5 Å². The van der Waals surface area contributed by atoms with Crippen LogP contribution in [0.5, 0.6) is 23.0 Å². The first-order valence-corrected chi connectivity index (χ1v) is 11.8. The van der Waals surface area contributed by atoms with Gasteiger partial charge in [-0.1, -0.05) is 0 Å². The number of para-hydroxylation sites is 4. The van der Waals surface area contributed by atoms with E-state index >= 15 is 0 Å². The predicted molar refractivity (Wildman–Crippen MR) is 68.0 cm³/mol. The third-order valence-corrected chi connectivity index (χ3v) is 12.3. The molecule has 0 bridgehead atoms. The summed E-state index contributed by atoms with van der Waals surface area (Å²) >= 11 is -5.36. The molecule has 4 rings (SSSR count). The molecule has 2 heterocycles. The van der Waals surface area contributed by atoms with E-state index in [9.17, 15) is 0 Å². The summed E-state index contributed by atoms with van der Waals surface area (Å²) in [5.41, 5.74) is 0. The molecular formula is C12H8O5Sb2. The Morgan fingerprint density at radius 2 is 0.895 bits per heavy atom. The third-order valence-electron chi connectivity index (χ3n) is 2.52. The fourth-order valence-electron chi connectivity index (χ4n) is 1.68. The summed E-state index contributed by atoms with van der Waals surface area (Å²) in [4.78, 5) is 0. The first-order valence-electron chi connectivity index (χ1n) is 5.57. The van der Waals surface area contributed by atoms with E-state index in [1.165, 1.54) is 0 Å². The van der Waals surface area contributed by atoms with Crippen LogP contribution in [0, 0.1) is 0 Å². The fourth-order valence-corrected chi connectivity index (χ4v) is 10.8. The van der Waals surface area contributed by atoms with E-state index < -0.39 is 42.9 Å². The Morgan fingerprint density at radius 3 is 1.21 bits per heavy atom. The molecular weight excluding hydrogens is 468 g/mol. The van der Waals surface area contributed by atoms with Crippen LogP contribution in [-0.4, -0.2) is 42.9 Å². The molecule has 2 aromatic carbocycles. The SMILES string of the molecule is c1ccc2c(c1)[O][Sb]([O][Sb]1[O]c3ccccc3[O]1)[O]2. The molecule has 5 nitrogen and oxygen atoms in total. The molecule has 0 unspecified atom stereocenters. The van der Waals surface area contributed by atoms with Crippen molar-refractivity contribution in [2.45, 2.75) is 0 Å². The van der Waals surface area contributed by atoms with Crippen LogP contribution in [-0.2, 0) is 1.29 Å². The molecule has 7 heteroatoms. The van der Waals surface area contributed by atoms with Crippen LogP contribution < -0.4 is 12.1 Å². The molecule has 19 heavy (non-hydrogen) atoms. The van der Waals surface area contributed by atoms with Crippen molar-refractivity contribution < 1.29 is 13.4 Å². The van der Waals surface area contributed by atoms with Gasteiger partial charge >= 0.3 is 128 Å². The van der Waals surface area contributed by atoms with Crippen LogP contribution in [0.3, 0.4) is 0 Å². The van der Waals surface area contributed by atoms with Crippen LogP contribution >= 0.6 is 0 Å². The van der Waals surface area contributed by atoms with Gasteiger partial charge in [-0.15, -0.1) is 0 Å². The van der Waals surface area contributed by atoms with Gasteiger partial charge in [-0.2, -0.15) is 0 Å². The monoisotopic (exact) mass is 474 g/mol. The van der Waals surface area contributed by atoms with Crippen molar-refractivity contribution in [3.05, 3.63) is 48.5 Å². The van der Waals surface area contributed by atoms with Crippen molar-refractivity contribution in [3.8, 4) is 23.0 Å². The summed E-state index contributed by atoms with van der Waals surface area (Å²) in [5, 5.41) is 0. The number of hydrogen-bond donors (Lipinski definition) is 0.